The first-order chi connectivity index (χ1) is 14.2. The van der Waals surface area contributed by atoms with Gasteiger partial charge in [-0.05, 0) is 42.3 Å². The van der Waals surface area contributed by atoms with Crippen LogP contribution in [-0.2, 0) is 6.42 Å². The molecule has 3 aromatic rings. The van der Waals surface area contributed by atoms with E-state index in [4.69, 9.17) is 19.6 Å². The molecule has 0 aromatic heterocycles. The monoisotopic (exact) mass is 385 g/mol. The van der Waals surface area contributed by atoms with Gasteiger partial charge in [-0.15, -0.1) is 0 Å². The molecule has 5 nitrogen and oxygen atoms in total. The molecule has 146 valence electrons. The van der Waals surface area contributed by atoms with Crippen molar-refractivity contribution in [1.29, 1.82) is 0 Å². The number of aliphatic imine (C=N–C) groups is 1. The van der Waals surface area contributed by atoms with E-state index in [1.165, 1.54) is 5.56 Å². The summed E-state index contributed by atoms with van der Waals surface area (Å²) in [7, 11) is 3.26. The largest absolute Gasteiger partial charge is 0.493 e. The van der Waals surface area contributed by atoms with Crippen LogP contribution in [0.3, 0.4) is 0 Å². The van der Waals surface area contributed by atoms with Crippen molar-refractivity contribution < 1.29 is 9.47 Å². The molecule has 4 rings (SSSR count). The highest BCUT2D eigenvalue weighted by molar-refractivity contribution is 6.18. The van der Waals surface area contributed by atoms with E-state index in [1.54, 1.807) is 14.2 Å². The number of benzene rings is 3. The summed E-state index contributed by atoms with van der Waals surface area (Å²) in [5.74, 6) is 2.06. The van der Waals surface area contributed by atoms with E-state index in [1.807, 2.05) is 48.5 Å². The molecule has 0 unspecified atom stereocenters. The first-order valence-corrected chi connectivity index (χ1v) is 9.57. The standard InChI is InChI=1S/C24H23N3O2/c1-4-16-10-12-20-19(14-16)23(18-11-13-21(28-2)22(15-18)29-3)26-27-24(25-20)17-8-6-5-7-9-17/h5-15H,4H2,1-3H3,(H,25,27). The van der Waals surface area contributed by atoms with Crippen molar-refractivity contribution in [2.75, 3.05) is 14.2 Å². The van der Waals surface area contributed by atoms with E-state index < -0.39 is 0 Å². The van der Waals surface area contributed by atoms with Crippen LogP contribution in [0, 0.1) is 0 Å². The lowest BCUT2D eigenvalue weighted by Crippen LogP contribution is -2.19. The fourth-order valence-corrected chi connectivity index (χ4v) is 3.33. The van der Waals surface area contributed by atoms with Crippen molar-refractivity contribution >= 4 is 17.2 Å². The fraction of sp³-hybridized carbons (Fsp3) is 0.167. The van der Waals surface area contributed by atoms with E-state index in [9.17, 15) is 0 Å². The zero-order chi connectivity index (χ0) is 20.2. The molecule has 1 aliphatic rings. The zero-order valence-electron chi connectivity index (χ0n) is 16.8. The van der Waals surface area contributed by atoms with Gasteiger partial charge < -0.3 is 9.47 Å². The summed E-state index contributed by atoms with van der Waals surface area (Å²) < 4.78 is 10.9. The van der Waals surface area contributed by atoms with Crippen molar-refractivity contribution in [3.8, 4) is 11.5 Å². The van der Waals surface area contributed by atoms with Crippen LogP contribution in [-0.4, -0.2) is 25.8 Å². The van der Waals surface area contributed by atoms with Gasteiger partial charge in [-0.3, -0.25) is 5.43 Å². The number of ether oxygens (including phenoxy) is 2. The minimum Gasteiger partial charge on any atom is -0.493 e. The number of hydrazone groups is 1. The lowest BCUT2D eigenvalue weighted by atomic mass is 9.97. The van der Waals surface area contributed by atoms with E-state index in [2.05, 4.69) is 30.5 Å². The van der Waals surface area contributed by atoms with Gasteiger partial charge in [-0.25, -0.2) is 4.99 Å². The highest BCUT2D eigenvalue weighted by atomic mass is 16.5. The molecule has 5 heteroatoms. The van der Waals surface area contributed by atoms with Crippen LogP contribution < -0.4 is 14.9 Å². The van der Waals surface area contributed by atoms with Crippen LogP contribution in [0.4, 0.5) is 5.69 Å². The molecule has 0 aliphatic carbocycles. The van der Waals surface area contributed by atoms with Gasteiger partial charge in [0.05, 0.1) is 19.9 Å². The number of aryl methyl sites for hydroxylation is 1. The molecular formula is C24H23N3O2. The van der Waals surface area contributed by atoms with Gasteiger partial charge in [0.25, 0.3) is 0 Å². The van der Waals surface area contributed by atoms with Crippen LogP contribution in [0.5, 0.6) is 11.5 Å². The maximum Gasteiger partial charge on any atom is 0.161 e. The highest BCUT2D eigenvalue weighted by Crippen LogP contribution is 2.32. The molecule has 0 saturated carbocycles. The van der Waals surface area contributed by atoms with Crippen LogP contribution in [0.1, 0.15) is 29.2 Å². The molecule has 29 heavy (non-hydrogen) atoms. The molecule has 0 atom stereocenters. The third-order valence-corrected chi connectivity index (χ3v) is 4.93. The number of rotatable bonds is 5. The zero-order valence-corrected chi connectivity index (χ0v) is 16.8. The summed E-state index contributed by atoms with van der Waals surface area (Å²) in [4.78, 5) is 4.87. The quantitative estimate of drug-likeness (QED) is 0.693. The number of amidine groups is 1. The van der Waals surface area contributed by atoms with Gasteiger partial charge >= 0.3 is 0 Å². The Bertz CT molecular complexity index is 1090. The molecule has 1 heterocycles. The topological polar surface area (TPSA) is 55.2 Å². The summed E-state index contributed by atoms with van der Waals surface area (Å²) >= 11 is 0. The normalized spacial score (nSPS) is 12.8. The van der Waals surface area contributed by atoms with Gasteiger partial charge in [-0.1, -0.05) is 43.3 Å². The Hall–Kier alpha value is -3.60. The molecule has 0 spiro atoms. The van der Waals surface area contributed by atoms with Gasteiger partial charge in [0.2, 0.25) is 0 Å². The maximum atomic E-state index is 5.49. The smallest absolute Gasteiger partial charge is 0.161 e. The van der Waals surface area contributed by atoms with Crippen LogP contribution in [0.25, 0.3) is 0 Å². The maximum absolute atomic E-state index is 5.49. The molecule has 0 saturated heterocycles. The molecule has 3 aromatic carbocycles. The number of hydrogen-bond acceptors (Lipinski definition) is 5. The summed E-state index contributed by atoms with van der Waals surface area (Å²) in [5.41, 5.74) is 8.97. The first-order valence-electron chi connectivity index (χ1n) is 9.57. The SMILES string of the molecule is CCc1ccc2c(c1)C(c1ccc(OC)c(OC)c1)=NNC(c1ccccc1)=N2. The average Bonchev–Trinajstić information content (AvgIpc) is 2.98. The second-order valence-electron chi connectivity index (χ2n) is 6.67. The van der Waals surface area contributed by atoms with Crippen LogP contribution in [0.15, 0.2) is 76.8 Å². The van der Waals surface area contributed by atoms with Crippen molar-refractivity contribution in [2.45, 2.75) is 13.3 Å². The van der Waals surface area contributed by atoms with Crippen LogP contribution in [0.2, 0.25) is 0 Å². The molecule has 0 bridgehead atoms. The summed E-state index contributed by atoms with van der Waals surface area (Å²) in [6, 6.07) is 22.1. The number of methoxy groups -OCH3 is 2. The number of fused-ring (bicyclic) bond motifs is 1. The fourth-order valence-electron chi connectivity index (χ4n) is 3.33. The van der Waals surface area contributed by atoms with Crippen molar-refractivity contribution in [3.05, 3.63) is 89.0 Å². The van der Waals surface area contributed by atoms with Crippen molar-refractivity contribution in [2.24, 2.45) is 10.1 Å². The average molecular weight is 385 g/mol. The van der Waals surface area contributed by atoms with Gasteiger partial charge in [0, 0.05) is 16.7 Å². The number of hydrogen-bond donors (Lipinski definition) is 1. The Morgan fingerprint density at radius 3 is 2.34 bits per heavy atom. The van der Waals surface area contributed by atoms with Crippen molar-refractivity contribution in [3.63, 3.8) is 0 Å². The molecule has 1 aliphatic heterocycles. The second-order valence-corrected chi connectivity index (χ2v) is 6.67. The molecular weight excluding hydrogens is 362 g/mol. The Morgan fingerprint density at radius 2 is 1.62 bits per heavy atom. The second kappa shape index (κ2) is 8.19. The predicted octanol–water partition coefficient (Wildman–Crippen LogP) is 4.70. The third-order valence-electron chi connectivity index (χ3n) is 4.93. The van der Waals surface area contributed by atoms with E-state index in [0.717, 1.165) is 34.5 Å². The predicted molar refractivity (Wildman–Crippen MR) is 117 cm³/mol. The Kier molecular flexibility index (Phi) is 5.29. The highest BCUT2D eigenvalue weighted by Gasteiger charge is 2.19. The van der Waals surface area contributed by atoms with Crippen LogP contribution >= 0.6 is 0 Å². The number of nitrogens with zero attached hydrogens (tertiary/aromatic N) is 2. The Morgan fingerprint density at radius 1 is 0.828 bits per heavy atom. The Balaban J connectivity index is 1.87. The van der Waals surface area contributed by atoms with Gasteiger partial charge in [0.1, 0.15) is 5.71 Å². The van der Waals surface area contributed by atoms with Gasteiger partial charge in [-0.2, -0.15) is 5.10 Å². The molecule has 0 radical (unpaired) electrons. The Labute approximate surface area is 170 Å². The first kappa shape index (κ1) is 18.7. The van der Waals surface area contributed by atoms with E-state index in [-0.39, 0.29) is 0 Å². The summed E-state index contributed by atoms with van der Waals surface area (Å²) in [5, 5.41) is 4.74. The lowest BCUT2D eigenvalue weighted by Gasteiger charge is -2.12. The van der Waals surface area contributed by atoms with Gasteiger partial charge in [0.15, 0.2) is 17.3 Å². The van der Waals surface area contributed by atoms with Crippen molar-refractivity contribution in [1.82, 2.24) is 5.43 Å². The minimum atomic E-state index is 0.661. The lowest BCUT2D eigenvalue weighted by molar-refractivity contribution is 0.355. The van der Waals surface area contributed by atoms with E-state index >= 15 is 0 Å². The molecule has 0 amide bonds. The minimum absolute atomic E-state index is 0.661. The molecule has 1 N–H and O–H groups in total. The van der Waals surface area contributed by atoms with E-state index in [0.29, 0.717) is 17.3 Å². The molecule has 0 fully saturated rings. The number of nitrogens with one attached hydrogen (secondary N) is 1. The third kappa shape index (κ3) is 3.72. The summed E-state index contributed by atoms with van der Waals surface area (Å²) in [6.45, 7) is 2.14. The summed E-state index contributed by atoms with van der Waals surface area (Å²) in [6.07, 6.45) is 0.940.